The summed E-state index contributed by atoms with van der Waals surface area (Å²) in [6, 6.07) is 7.55. The fourth-order valence-electron chi connectivity index (χ4n) is 2.50. The maximum Gasteiger partial charge on any atom is 0.328 e. The molecule has 1 aliphatic rings. The zero-order valence-electron chi connectivity index (χ0n) is 11.3. The van der Waals surface area contributed by atoms with Crippen LogP contribution in [-0.2, 0) is 27.2 Å². The first-order valence-electron chi connectivity index (χ1n) is 6.60. The second-order valence-corrected chi connectivity index (χ2v) is 4.87. The van der Waals surface area contributed by atoms with Crippen LogP contribution in [0.1, 0.15) is 24.5 Å². The molecule has 4 heteroatoms. The molecule has 19 heavy (non-hydrogen) atoms. The summed E-state index contributed by atoms with van der Waals surface area (Å²) in [5.74, 6) is -0.518. The van der Waals surface area contributed by atoms with Gasteiger partial charge in [-0.05, 0) is 30.4 Å². The molecular formula is C15H19NO3. The molecular weight excluding hydrogens is 242 g/mol. The first-order valence-corrected chi connectivity index (χ1v) is 6.60. The van der Waals surface area contributed by atoms with Crippen LogP contribution in [0.25, 0.3) is 0 Å². The van der Waals surface area contributed by atoms with E-state index in [1.54, 1.807) is 0 Å². The van der Waals surface area contributed by atoms with E-state index < -0.39 is 6.04 Å². The van der Waals surface area contributed by atoms with Crippen molar-refractivity contribution in [3.8, 4) is 0 Å². The van der Waals surface area contributed by atoms with Crippen LogP contribution in [0.15, 0.2) is 24.3 Å². The Kier molecular flexibility index (Phi) is 4.20. The Morgan fingerprint density at radius 3 is 2.37 bits per heavy atom. The van der Waals surface area contributed by atoms with Gasteiger partial charge in [-0.2, -0.15) is 0 Å². The van der Waals surface area contributed by atoms with Gasteiger partial charge in [0.15, 0.2) is 0 Å². The smallest absolute Gasteiger partial charge is 0.328 e. The Balaban J connectivity index is 1.97. The highest BCUT2D eigenvalue weighted by Gasteiger charge is 2.29. The number of hydrogen-bond acceptors (Lipinski definition) is 3. The van der Waals surface area contributed by atoms with Gasteiger partial charge in [0.1, 0.15) is 6.04 Å². The molecule has 1 aliphatic carbocycles. The Labute approximate surface area is 113 Å². The predicted molar refractivity (Wildman–Crippen MR) is 71.6 cm³/mol. The highest BCUT2D eigenvalue weighted by atomic mass is 16.5. The molecule has 2 rings (SSSR count). The highest BCUT2D eigenvalue weighted by molar-refractivity contribution is 5.86. The van der Waals surface area contributed by atoms with Crippen LogP contribution in [0.2, 0.25) is 0 Å². The average Bonchev–Trinajstić information content (AvgIpc) is 2.87. The van der Waals surface area contributed by atoms with Gasteiger partial charge in [0.2, 0.25) is 5.91 Å². The summed E-state index contributed by atoms with van der Waals surface area (Å²) in [7, 11) is 1.34. The van der Waals surface area contributed by atoms with Crippen molar-refractivity contribution < 1.29 is 14.3 Å². The Hall–Kier alpha value is -1.84. The fraction of sp³-hybridized carbons (Fsp3) is 0.467. The highest BCUT2D eigenvalue weighted by Crippen LogP contribution is 2.26. The zero-order valence-corrected chi connectivity index (χ0v) is 11.3. The molecule has 0 bridgehead atoms. The van der Waals surface area contributed by atoms with E-state index in [0.29, 0.717) is 6.42 Å². The minimum Gasteiger partial charge on any atom is -0.467 e. The van der Waals surface area contributed by atoms with E-state index >= 15 is 0 Å². The zero-order chi connectivity index (χ0) is 13.8. The number of ether oxygens (including phenoxy) is 1. The molecule has 0 radical (unpaired) electrons. The van der Waals surface area contributed by atoms with Crippen LogP contribution in [-0.4, -0.2) is 25.0 Å². The SMILES string of the molecule is CCC(NC(=O)C1Cc2ccccc2C1)C(=O)OC. The number of methoxy groups -OCH3 is 1. The lowest BCUT2D eigenvalue weighted by molar-refractivity contribution is -0.145. The number of carbonyl (C=O) groups excluding carboxylic acids is 2. The van der Waals surface area contributed by atoms with Gasteiger partial charge in [-0.3, -0.25) is 4.79 Å². The van der Waals surface area contributed by atoms with Gasteiger partial charge in [0.05, 0.1) is 7.11 Å². The van der Waals surface area contributed by atoms with Crippen molar-refractivity contribution in [2.45, 2.75) is 32.2 Å². The first kappa shape index (κ1) is 13.6. The number of esters is 1. The van der Waals surface area contributed by atoms with Crippen molar-refractivity contribution in [2.24, 2.45) is 5.92 Å². The van der Waals surface area contributed by atoms with Gasteiger partial charge in [-0.25, -0.2) is 4.79 Å². The summed E-state index contributed by atoms with van der Waals surface area (Å²) in [5, 5.41) is 2.78. The molecule has 1 unspecified atom stereocenters. The first-order chi connectivity index (χ1) is 9.15. The van der Waals surface area contributed by atoms with Crippen molar-refractivity contribution >= 4 is 11.9 Å². The third-order valence-corrected chi connectivity index (χ3v) is 3.63. The normalized spacial score (nSPS) is 15.7. The Morgan fingerprint density at radius 1 is 1.32 bits per heavy atom. The van der Waals surface area contributed by atoms with E-state index in [1.807, 2.05) is 19.1 Å². The molecule has 1 N–H and O–H groups in total. The molecule has 102 valence electrons. The largest absolute Gasteiger partial charge is 0.467 e. The number of fused-ring (bicyclic) bond motifs is 1. The molecule has 1 aromatic rings. The van der Waals surface area contributed by atoms with Gasteiger partial charge in [-0.1, -0.05) is 31.2 Å². The molecule has 0 spiro atoms. The Morgan fingerprint density at radius 2 is 1.89 bits per heavy atom. The second-order valence-electron chi connectivity index (χ2n) is 4.87. The maximum absolute atomic E-state index is 12.2. The number of nitrogens with one attached hydrogen (secondary N) is 1. The molecule has 0 saturated carbocycles. The van der Waals surface area contributed by atoms with Crippen molar-refractivity contribution in [1.82, 2.24) is 5.32 Å². The number of rotatable bonds is 4. The van der Waals surface area contributed by atoms with Crippen LogP contribution in [0.5, 0.6) is 0 Å². The van der Waals surface area contributed by atoms with E-state index in [0.717, 1.165) is 12.8 Å². The molecule has 0 heterocycles. The van der Waals surface area contributed by atoms with Gasteiger partial charge in [0.25, 0.3) is 0 Å². The summed E-state index contributed by atoms with van der Waals surface area (Å²) in [5.41, 5.74) is 2.46. The molecule has 4 nitrogen and oxygen atoms in total. The second kappa shape index (κ2) is 5.87. The van der Waals surface area contributed by atoms with Crippen molar-refractivity contribution in [3.63, 3.8) is 0 Å². The Bertz CT molecular complexity index is 459. The van der Waals surface area contributed by atoms with Gasteiger partial charge >= 0.3 is 5.97 Å². The molecule has 0 saturated heterocycles. The van der Waals surface area contributed by atoms with E-state index in [4.69, 9.17) is 0 Å². The minimum atomic E-state index is -0.541. The maximum atomic E-state index is 12.2. The van der Waals surface area contributed by atoms with E-state index in [9.17, 15) is 9.59 Å². The number of amides is 1. The van der Waals surface area contributed by atoms with Crippen LogP contribution in [0, 0.1) is 5.92 Å². The van der Waals surface area contributed by atoms with E-state index in [-0.39, 0.29) is 17.8 Å². The number of hydrogen-bond donors (Lipinski definition) is 1. The topological polar surface area (TPSA) is 55.4 Å². The summed E-state index contributed by atoms with van der Waals surface area (Å²) < 4.78 is 4.67. The molecule has 0 aliphatic heterocycles. The lowest BCUT2D eigenvalue weighted by Crippen LogP contribution is -2.44. The molecule has 0 aromatic heterocycles. The number of benzene rings is 1. The van der Waals surface area contributed by atoms with E-state index in [2.05, 4.69) is 22.2 Å². The summed E-state index contributed by atoms with van der Waals surface area (Å²) in [6.07, 6.45) is 2.04. The molecule has 1 amide bonds. The van der Waals surface area contributed by atoms with Crippen LogP contribution in [0.4, 0.5) is 0 Å². The summed E-state index contributed by atoms with van der Waals surface area (Å²) in [4.78, 5) is 23.7. The van der Waals surface area contributed by atoms with Crippen molar-refractivity contribution in [1.29, 1.82) is 0 Å². The third-order valence-electron chi connectivity index (χ3n) is 3.63. The van der Waals surface area contributed by atoms with Crippen molar-refractivity contribution in [3.05, 3.63) is 35.4 Å². The van der Waals surface area contributed by atoms with E-state index in [1.165, 1.54) is 18.2 Å². The number of carbonyl (C=O) groups is 2. The van der Waals surface area contributed by atoms with Gasteiger partial charge < -0.3 is 10.1 Å². The minimum absolute atomic E-state index is 0.0616. The van der Waals surface area contributed by atoms with Crippen LogP contribution >= 0.6 is 0 Å². The quantitative estimate of drug-likeness (QED) is 0.835. The summed E-state index contributed by atoms with van der Waals surface area (Å²) in [6.45, 7) is 1.85. The third kappa shape index (κ3) is 2.95. The predicted octanol–water partition coefficient (Wildman–Crippen LogP) is 1.47. The van der Waals surface area contributed by atoms with Crippen LogP contribution < -0.4 is 5.32 Å². The molecule has 1 atom stereocenters. The lowest BCUT2D eigenvalue weighted by Gasteiger charge is -2.17. The van der Waals surface area contributed by atoms with Gasteiger partial charge in [0, 0.05) is 5.92 Å². The lowest BCUT2D eigenvalue weighted by atomic mass is 10.0. The van der Waals surface area contributed by atoms with Crippen LogP contribution in [0.3, 0.4) is 0 Å². The summed E-state index contributed by atoms with van der Waals surface area (Å²) >= 11 is 0. The standard InChI is InChI=1S/C15H19NO3/c1-3-13(15(18)19-2)16-14(17)12-8-10-6-4-5-7-11(10)9-12/h4-7,12-13H,3,8-9H2,1-2H3,(H,16,17). The van der Waals surface area contributed by atoms with Gasteiger partial charge in [-0.15, -0.1) is 0 Å². The monoisotopic (exact) mass is 261 g/mol. The fourth-order valence-corrected chi connectivity index (χ4v) is 2.50. The average molecular weight is 261 g/mol. The van der Waals surface area contributed by atoms with Crippen molar-refractivity contribution in [2.75, 3.05) is 7.11 Å². The molecule has 0 fully saturated rings. The molecule has 1 aromatic carbocycles.